The Morgan fingerprint density at radius 3 is 2.67 bits per heavy atom. The quantitative estimate of drug-likeness (QED) is 0.787. The maximum Gasteiger partial charge on any atom is 0.358 e. The summed E-state index contributed by atoms with van der Waals surface area (Å²) in [6.07, 6.45) is 4.20. The minimum atomic E-state index is -1.16. The van der Waals surface area contributed by atoms with E-state index in [1.807, 2.05) is 6.92 Å². The zero-order valence-corrected chi connectivity index (χ0v) is 11.4. The molecule has 2 aromatic heterocycles. The van der Waals surface area contributed by atoms with Gasteiger partial charge in [0.2, 0.25) is 11.9 Å². The summed E-state index contributed by atoms with van der Waals surface area (Å²) in [5.41, 5.74) is 0.301. The number of carboxylic acids is 1. The van der Waals surface area contributed by atoms with Crippen LogP contribution in [0, 0.1) is 0 Å². The zero-order chi connectivity index (χ0) is 15.2. The molecule has 2 aromatic rings. The van der Waals surface area contributed by atoms with E-state index in [1.54, 1.807) is 6.07 Å². The Labute approximate surface area is 120 Å². The first kappa shape index (κ1) is 14.6. The summed E-state index contributed by atoms with van der Waals surface area (Å²) < 4.78 is 1.28. The second kappa shape index (κ2) is 6.55. The molecular formula is C12H14N6O3. The van der Waals surface area contributed by atoms with E-state index in [9.17, 15) is 9.59 Å². The highest BCUT2D eigenvalue weighted by molar-refractivity contribution is 5.89. The highest BCUT2D eigenvalue weighted by Crippen LogP contribution is 2.09. The van der Waals surface area contributed by atoms with Crippen LogP contribution in [0.4, 0.5) is 5.95 Å². The van der Waals surface area contributed by atoms with Gasteiger partial charge < -0.3 is 5.11 Å². The van der Waals surface area contributed by atoms with E-state index in [0.717, 1.165) is 6.42 Å². The molecule has 0 radical (unpaired) electrons. The standard InChI is InChI=1S/C12H14N6O3/c1-2-4-8-10(11(20)21)16-17-18(8)7-9(19)15-12-13-5-3-6-14-12/h3,5-6H,2,4,7H2,1H3,(H,20,21)(H,13,14,15,19). The van der Waals surface area contributed by atoms with Gasteiger partial charge in [-0.2, -0.15) is 0 Å². The fraction of sp³-hybridized carbons (Fsp3) is 0.333. The number of carbonyl (C=O) groups excluding carboxylic acids is 1. The Morgan fingerprint density at radius 1 is 1.33 bits per heavy atom. The molecule has 0 saturated carbocycles. The van der Waals surface area contributed by atoms with Crippen LogP contribution in [0.5, 0.6) is 0 Å². The Kier molecular flexibility index (Phi) is 4.54. The third kappa shape index (κ3) is 3.59. The fourth-order valence-electron chi connectivity index (χ4n) is 1.77. The molecule has 110 valence electrons. The van der Waals surface area contributed by atoms with E-state index >= 15 is 0 Å². The number of carbonyl (C=O) groups is 2. The van der Waals surface area contributed by atoms with Crippen molar-refractivity contribution in [3.8, 4) is 0 Å². The van der Waals surface area contributed by atoms with Crippen molar-refractivity contribution < 1.29 is 14.7 Å². The number of amides is 1. The number of nitrogens with zero attached hydrogens (tertiary/aromatic N) is 5. The van der Waals surface area contributed by atoms with Gasteiger partial charge in [-0.05, 0) is 12.5 Å². The molecule has 0 atom stereocenters. The normalized spacial score (nSPS) is 10.3. The topological polar surface area (TPSA) is 123 Å². The third-order valence-corrected chi connectivity index (χ3v) is 2.64. The van der Waals surface area contributed by atoms with Gasteiger partial charge >= 0.3 is 5.97 Å². The van der Waals surface area contributed by atoms with Crippen molar-refractivity contribution >= 4 is 17.8 Å². The predicted molar refractivity (Wildman–Crippen MR) is 71.6 cm³/mol. The summed E-state index contributed by atoms with van der Waals surface area (Å²) in [5.74, 6) is -1.38. The molecule has 0 aliphatic heterocycles. The lowest BCUT2D eigenvalue weighted by molar-refractivity contribution is -0.117. The molecule has 2 heterocycles. The lowest BCUT2D eigenvalue weighted by Gasteiger charge is -2.06. The van der Waals surface area contributed by atoms with Crippen molar-refractivity contribution in [3.05, 3.63) is 29.8 Å². The monoisotopic (exact) mass is 290 g/mol. The molecule has 0 aromatic carbocycles. The summed E-state index contributed by atoms with van der Waals surface area (Å²) in [5, 5.41) is 18.9. The van der Waals surface area contributed by atoms with E-state index in [-0.39, 0.29) is 18.2 Å². The first-order valence-corrected chi connectivity index (χ1v) is 6.34. The molecule has 2 rings (SSSR count). The summed E-state index contributed by atoms with van der Waals surface area (Å²) >= 11 is 0. The number of hydrogen-bond donors (Lipinski definition) is 2. The van der Waals surface area contributed by atoms with Crippen LogP contribution in [-0.2, 0) is 17.8 Å². The number of aromatic carboxylic acids is 1. The molecule has 0 fully saturated rings. The minimum Gasteiger partial charge on any atom is -0.476 e. The van der Waals surface area contributed by atoms with Crippen LogP contribution in [-0.4, -0.2) is 41.9 Å². The Morgan fingerprint density at radius 2 is 2.05 bits per heavy atom. The lowest BCUT2D eigenvalue weighted by Crippen LogP contribution is -2.22. The van der Waals surface area contributed by atoms with Gasteiger partial charge in [0.1, 0.15) is 6.54 Å². The minimum absolute atomic E-state index is 0.124. The lowest BCUT2D eigenvalue weighted by atomic mass is 10.2. The second-order valence-electron chi connectivity index (χ2n) is 4.22. The van der Waals surface area contributed by atoms with Crippen molar-refractivity contribution in [2.75, 3.05) is 5.32 Å². The molecular weight excluding hydrogens is 276 g/mol. The van der Waals surface area contributed by atoms with E-state index in [2.05, 4.69) is 25.6 Å². The van der Waals surface area contributed by atoms with Crippen molar-refractivity contribution in [2.45, 2.75) is 26.3 Å². The van der Waals surface area contributed by atoms with Crippen LogP contribution in [0.15, 0.2) is 18.5 Å². The van der Waals surface area contributed by atoms with Gasteiger partial charge in [-0.3, -0.25) is 10.1 Å². The summed E-state index contributed by atoms with van der Waals surface area (Å²) in [6.45, 7) is 1.76. The number of carboxylic acid groups (broad SMARTS) is 1. The van der Waals surface area contributed by atoms with Gasteiger partial charge in [-0.1, -0.05) is 18.6 Å². The molecule has 1 amide bonds. The first-order chi connectivity index (χ1) is 10.1. The van der Waals surface area contributed by atoms with Crippen molar-refractivity contribution in [3.63, 3.8) is 0 Å². The van der Waals surface area contributed by atoms with Gasteiger partial charge in [0.05, 0.1) is 5.69 Å². The van der Waals surface area contributed by atoms with Crippen LogP contribution in [0.25, 0.3) is 0 Å². The van der Waals surface area contributed by atoms with Crippen molar-refractivity contribution in [1.29, 1.82) is 0 Å². The number of hydrogen-bond acceptors (Lipinski definition) is 6. The molecule has 0 bridgehead atoms. The number of rotatable bonds is 6. The van der Waals surface area contributed by atoms with Gasteiger partial charge in [-0.15, -0.1) is 5.10 Å². The van der Waals surface area contributed by atoms with E-state index in [0.29, 0.717) is 12.1 Å². The van der Waals surface area contributed by atoms with Crippen LogP contribution in [0.3, 0.4) is 0 Å². The molecule has 2 N–H and O–H groups in total. The van der Waals surface area contributed by atoms with E-state index < -0.39 is 11.9 Å². The molecule has 0 saturated heterocycles. The molecule has 0 aliphatic rings. The smallest absolute Gasteiger partial charge is 0.358 e. The van der Waals surface area contributed by atoms with Gasteiger partial charge in [-0.25, -0.2) is 19.4 Å². The van der Waals surface area contributed by atoms with E-state index in [1.165, 1.54) is 17.1 Å². The summed E-state index contributed by atoms with van der Waals surface area (Å²) in [6, 6.07) is 1.63. The maximum absolute atomic E-state index is 11.9. The first-order valence-electron chi connectivity index (χ1n) is 6.34. The summed E-state index contributed by atoms with van der Waals surface area (Å²) in [7, 11) is 0. The largest absolute Gasteiger partial charge is 0.476 e. The predicted octanol–water partition coefficient (Wildman–Crippen LogP) is 0.357. The molecule has 0 aliphatic carbocycles. The zero-order valence-electron chi connectivity index (χ0n) is 11.4. The Bertz CT molecular complexity index is 640. The molecule has 9 heteroatoms. The van der Waals surface area contributed by atoms with Crippen LogP contribution in [0.1, 0.15) is 29.5 Å². The SMILES string of the molecule is CCCc1c(C(=O)O)nnn1CC(=O)Nc1ncccn1. The van der Waals surface area contributed by atoms with Gasteiger partial charge in [0.15, 0.2) is 5.69 Å². The maximum atomic E-state index is 11.9. The van der Waals surface area contributed by atoms with E-state index in [4.69, 9.17) is 5.11 Å². The molecule has 9 nitrogen and oxygen atoms in total. The molecule has 0 spiro atoms. The number of aromatic nitrogens is 5. The Balaban J connectivity index is 2.12. The second-order valence-corrected chi connectivity index (χ2v) is 4.22. The van der Waals surface area contributed by atoms with Crippen molar-refractivity contribution in [2.24, 2.45) is 0 Å². The van der Waals surface area contributed by atoms with Gasteiger partial charge in [0.25, 0.3) is 0 Å². The van der Waals surface area contributed by atoms with Crippen LogP contribution < -0.4 is 5.32 Å². The van der Waals surface area contributed by atoms with Crippen LogP contribution in [0.2, 0.25) is 0 Å². The Hall–Kier alpha value is -2.84. The van der Waals surface area contributed by atoms with Gasteiger partial charge in [0, 0.05) is 12.4 Å². The average molecular weight is 290 g/mol. The third-order valence-electron chi connectivity index (χ3n) is 2.64. The fourth-order valence-corrected chi connectivity index (χ4v) is 1.77. The highest BCUT2D eigenvalue weighted by atomic mass is 16.4. The highest BCUT2D eigenvalue weighted by Gasteiger charge is 2.19. The average Bonchev–Trinajstić information content (AvgIpc) is 2.83. The number of anilines is 1. The molecule has 0 unspecified atom stereocenters. The van der Waals surface area contributed by atoms with Crippen molar-refractivity contribution in [1.82, 2.24) is 25.0 Å². The van der Waals surface area contributed by atoms with Crippen LogP contribution >= 0.6 is 0 Å². The summed E-state index contributed by atoms with van der Waals surface area (Å²) in [4.78, 5) is 30.7. The number of nitrogens with one attached hydrogen (secondary N) is 1. The molecule has 21 heavy (non-hydrogen) atoms.